The van der Waals surface area contributed by atoms with Gasteiger partial charge in [0.05, 0.1) is 31.1 Å². The van der Waals surface area contributed by atoms with Crippen molar-refractivity contribution in [2.24, 2.45) is 0 Å². The molecule has 7 atom stereocenters. The van der Waals surface area contributed by atoms with Crippen LogP contribution in [0.15, 0.2) is 35.3 Å². The maximum absolute atomic E-state index is 13.1. The molecule has 15 N–H and O–H groups in total. The quantitative estimate of drug-likeness (QED) is 0.0410. The fraction of sp³-hybridized carbons (Fsp3) is 0.486. The average Bonchev–Trinajstić information content (AvgIpc) is 3.20. The Morgan fingerprint density at radius 3 is 2.10 bits per heavy atom. The zero-order chi connectivity index (χ0) is 43.8. The van der Waals surface area contributed by atoms with Crippen LogP contribution in [-0.4, -0.2) is 147 Å². The van der Waals surface area contributed by atoms with Gasteiger partial charge in [0.2, 0.25) is 23.7 Å². The molecule has 3 aromatic rings. The summed E-state index contributed by atoms with van der Waals surface area (Å²) >= 11 is 0. The van der Waals surface area contributed by atoms with Gasteiger partial charge in [0, 0.05) is 43.1 Å². The van der Waals surface area contributed by atoms with Gasteiger partial charge in [-0.3, -0.25) is 33.8 Å². The van der Waals surface area contributed by atoms with Crippen molar-refractivity contribution < 1.29 is 64.5 Å². The van der Waals surface area contributed by atoms with Gasteiger partial charge in [-0.25, -0.2) is 14.8 Å². The van der Waals surface area contributed by atoms with Gasteiger partial charge in [0.25, 0.3) is 11.5 Å². The Hall–Kier alpha value is -6.34. The topological polar surface area (TPSA) is 402 Å². The molecule has 3 rings (SSSR count). The maximum atomic E-state index is 13.1. The molecule has 0 aliphatic carbocycles. The van der Waals surface area contributed by atoms with Crippen LogP contribution in [0.4, 0.5) is 11.6 Å². The molecule has 322 valence electrons. The molecule has 0 aliphatic heterocycles. The largest absolute Gasteiger partial charge is 0.481 e. The van der Waals surface area contributed by atoms with E-state index in [-0.39, 0.29) is 48.5 Å². The molecule has 0 radical (unpaired) electrons. The summed E-state index contributed by atoms with van der Waals surface area (Å²) in [6, 6.07) is 2.32. The number of carboxylic acids is 2. The molecule has 0 spiro atoms. The minimum Gasteiger partial charge on any atom is -0.481 e. The van der Waals surface area contributed by atoms with Crippen LogP contribution in [0.25, 0.3) is 11.2 Å². The Morgan fingerprint density at radius 1 is 0.814 bits per heavy atom. The number of aliphatic carboxylic acids is 2. The molecular weight excluding hydrogens is 784 g/mol. The molecule has 0 fully saturated rings. The van der Waals surface area contributed by atoms with Crippen molar-refractivity contribution in [3.05, 3.63) is 52.1 Å². The van der Waals surface area contributed by atoms with E-state index in [4.69, 9.17) is 15.9 Å². The van der Waals surface area contributed by atoms with Crippen LogP contribution in [0.2, 0.25) is 0 Å². The Morgan fingerprint density at radius 2 is 1.46 bits per heavy atom. The van der Waals surface area contributed by atoms with Crippen LogP contribution in [0, 0.1) is 0 Å². The zero-order valence-electron chi connectivity index (χ0n) is 31.7. The third-order valence-corrected chi connectivity index (χ3v) is 8.70. The molecule has 0 aliphatic rings. The molecule has 0 saturated heterocycles. The summed E-state index contributed by atoms with van der Waals surface area (Å²) in [5.41, 5.74) is 6.06. The molecule has 59 heavy (non-hydrogen) atoms. The average molecular weight is 833 g/mol. The van der Waals surface area contributed by atoms with E-state index in [0.29, 0.717) is 11.4 Å². The van der Waals surface area contributed by atoms with Gasteiger partial charge < -0.3 is 68.1 Å². The third kappa shape index (κ3) is 15.2. The van der Waals surface area contributed by atoms with E-state index in [1.165, 1.54) is 37.4 Å². The van der Waals surface area contributed by atoms with Crippen LogP contribution in [0.1, 0.15) is 61.5 Å². The first kappa shape index (κ1) is 47.0. The van der Waals surface area contributed by atoms with Gasteiger partial charge in [-0.1, -0.05) is 0 Å². The van der Waals surface area contributed by atoms with E-state index in [0.717, 1.165) is 0 Å². The molecule has 2 aromatic heterocycles. The van der Waals surface area contributed by atoms with Crippen LogP contribution in [-0.2, 0) is 30.5 Å². The van der Waals surface area contributed by atoms with Gasteiger partial charge in [-0.05, 0) is 50.5 Å². The number of carbonyl (C=O) groups is 6. The van der Waals surface area contributed by atoms with Crippen molar-refractivity contribution in [1.82, 2.24) is 41.2 Å². The highest BCUT2D eigenvalue weighted by molar-refractivity contribution is 5.97. The second-order valence-electron chi connectivity index (χ2n) is 13.4. The lowest BCUT2D eigenvalue weighted by atomic mass is 10.0. The monoisotopic (exact) mass is 832 g/mol. The lowest BCUT2D eigenvalue weighted by Gasteiger charge is -2.26. The molecule has 24 nitrogen and oxygen atoms in total. The molecule has 4 amide bonds. The van der Waals surface area contributed by atoms with Gasteiger partial charge in [0.15, 0.2) is 11.2 Å². The number of nitrogens with one attached hydrogen (secondary N) is 6. The second-order valence-corrected chi connectivity index (χ2v) is 13.4. The number of nitrogen functional groups attached to an aromatic ring is 1. The van der Waals surface area contributed by atoms with E-state index in [9.17, 15) is 59.1 Å². The molecule has 2 heterocycles. The van der Waals surface area contributed by atoms with Gasteiger partial charge >= 0.3 is 11.9 Å². The zero-order valence-corrected chi connectivity index (χ0v) is 31.7. The SMILES string of the molecule is C[C@H](CCC(=O)O)NC(=O)[C@H](CCC(=O)NC[C@H](O)[C@@H](O)[C@H](O)[C@H](O)CO)NC(=O)CC[C@H](NC(=O)c1ccc(NCc2cnc3nc(N)[nH]c(=O)c3n2)cc1)C(=O)O. The van der Waals surface area contributed by atoms with Gasteiger partial charge in [-0.15, -0.1) is 0 Å². The summed E-state index contributed by atoms with van der Waals surface area (Å²) in [7, 11) is 0. The number of aliphatic hydroxyl groups is 5. The number of fused-ring (bicyclic) bond motifs is 1. The van der Waals surface area contributed by atoms with E-state index in [1.54, 1.807) is 0 Å². The molecule has 24 heteroatoms. The van der Waals surface area contributed by atoms with E-state index >= 15 is 0 Å². The van der Waals surface area contributed by atoms with Crippen molar-refractivity contribution in [2.75, 3.05) is 24.2 Å². The number of nitrogens with zero attached hydrogens (tertiary/aromatic N) is 3. The number of rotatable bonds is 24. The van der Waals surface area contributed by atoms with Crippen LogP contribution in [0.3, 0.4) is 0 Å². The number of carboxylic acid groups (broad SMARTS) is 2. The Bertz CT molecular complexity index is 2000. The Balaban J connectivity index is 1.56. The number of aromatic nitrogens is 4. The van der Waals surface area contributed by atoms with Gasteiger partial charge in [0.1, 0.15) is 30.4 Å². The lowest BCUT2D eigenvalue weighted by Crippen LogP contribution is -2.51. The number of hydrogen-bond donors (Lipinski definition) is 14. The molecule has 0 bridgehead atoms. The molecule has 0 unspecified atom stereocenters. The predicted octanol–water partition coefficient (Wildman–Crippen LogP) is -3.94. The number of carbonyl (C=O) groups excluding carboxylic acids is 4. The number of aromatic amines is 1. The smallest absolute Gasteiger partial charge is 0.326 e. The number of amides is 4. The first-order valence-corrected chi connectivity index (χ1v) is 18.2. The second kappa shape index (κ2) is 22.6. The summed E-state index contributed by atoms with van der Waals surface area (Å²) in [6.07, 6.45) is -7.89. The number of anilines is 2. The lowest BCUT2D eigenvalue weighted by molar-refractivity contribution is -0.140. The highest BCUT2D eigenvalue weighted by Gasteiger charge is 2.31. The Labute approximate surface area is 334 Å². The number of hydrogen-bond acceptors (Lipinski definition) is 17. The van der Waals surface area contributed by atoms with Crippen molar-refractivity contribution in [3.63, 3.8) is 0 Å². The number of H-pyrrole nitrogens is 1. The minimum atomic E-state index is -1.94. The summed E-state index contributed by atoms with van der Waals surface area (Å²) in [6.45, 7) is 0.150. The predicted molar refractivity (Wildman–Crippen MR) is 204 cm³/mol. The van der Waals surface area contributed by atoms with Crippen LogP contribution >= 0.6 is 0 Å². The third-order valence-electron chi connectivity index (χ3n) is 8.70. The van der Waals surface area contributed by atoms with E-state index in [2.05, 4.69) is 46.5 Å². The number of aliphatic hydroxyl groups excluding tert-OH is 5. The first-order valence-electron chi connectivity index (χ1n) is 18.2. The standard InChI is InChI=1S/C35H48N10O14/c1-16(2-11-26(51)52)40-32(56)20(7-9-24(49)38-14-22(47)28(53)29(54)23(48)15-46)42-25(50)10-8-21(34(58)59)43-31(55)17-3-5-18(6-4-17)37-12-19-13-39-30-27(41-19)33(57)45-35(36)44-30/h3-6,13,16,20-23,28-29,37,46-48,53-54H,2,7-12,14-15H2,1H3,(H,38,49)(H,40,56)(H,42,50)(H,43,55)(H,51,52)(H,58,59)(H3,36,39,44,45,57)/t16-,20+,21+,22+,23-,28-,29-/m1/s1. The summed E-state index contributed by atoms with van der Waals surface area (Å²) in [4.78, 5) is 101. The molecule has 1 aromatic carbocycles. The molecular formula is C35H48N10O14. The van der Waals surface area contributed by atoms with Crippen molar-refractivity contribution in [1.29, 1.82) is 0 Å². The highest BCUT2D eigenvalue weighted by atomic mass is 16.4. The van der Waals surface area contributed by atoms with E-state index < -0.39 is 116 Å². The number of nitrogens with two attached hydrogens (primary N) is 1. The van der Waals surface area contributed by atoms with E-state index in [1.807, 2.05) is 0 Å². The highest BCUT2D eigenvalue weighted by Crippen LogP contribution is 2.13. The summed E-state index contributed by atoms with van der Waals surface area (Å²) in [5.74, 6) is -5.82. The first-order chi connectivity index (χ1) is 27.9. The summed E-state index contributed by atoms with van der Waals surface area (Å²) in [5, 5.41) is 79.5. The van der Waals surface area contributed by atoms with Crippen molar-refractivity contribution >= 4 is 58.4 Å². The van der Waals surface area contributed by atoms with Crippen LogP contribution < -0.4 is 37.9 Å². The number of benzene rings is 1. The van der Waals surface area contributed by atoms with Crippen molar-refractivity contribution in [2.45, 2.75) is 94.5 Å². The normalized spacial score (nSPS) is 14.7. The molecule has 0 saturated carbocycles. The fourth-order valence-corrected chi connectivity index (χ4v) is 5.32. The minimum absolute atomic E-state index is 0.00392. The van der Waals surface area contributed by atoms with Crippen molar-refractivity contribution in [3.8, 4) is 0 Å². The maximum Gasteiger partial charge on any atom is 0.326 e. The summed E-state index contributed by atoms with van der Waals surface area (Å²) < 4.78 is 0. The fourth-order valence-electron chi connectivity index (χ4n) is 5.32. The van der Waals surface area contributed by atoms with Crippen LogP contribution in [0.5, 0.6) is 0 Å². The van der Waals surface area contributed by atoms with Gasteiger partial charge in [-0.2, -0.15) is 4.98 Å². The Kier molecular flexibility index (Phi) is 18.0.